The van der Waals surface area contributed by atoms with Crippen LogP contribution in [-0.2, 0) is 4.79 Å². The van der Waals surface area contributed by atoms with Crippen LogP contribution in [0.25, 0.3) is 0 Å². The number of hydrogen-bond acceptors (Lipinski definition) is 4. The van der Waals surface area contributed by atoms with E-state index in [1.165, 1.54) is 11.8 Å². The molecule has 0 atom stereocenters. The zero-order chi connectivity index (χ0) is 12.7. The Morgan fingerprint density at radius 1 is 1.41 bits per heavy atom. The molecule has 17 heavy (non-hydrogen) atoms. The Morgan fingerprint density at radius 2 is 2.06 bits per heavy atom. The number of nitriles is 1. The third kappa shape index (κ3) is 3.65. The molecule has 0 unspecified atom stereocenters. The molecular formula is C13H14N2OS. The summed E-state index contributed by atoms with van der Waals surface area (Å²) in [5.41, 5.74) is 1.07. The highest BCUT2D eigenvalue weighted by Gasteiger charge is 2.13. The lowest BCUT2D eigenvalue weighted by atomic mass is 10.1. The molecule has 1 aromatic rings. The number of benzene rings is 1. The minimum Gasteiger partial charge on any atom is -0.349 e. The first-order chi connectivity index (χ1) is 8.22. The molecule has 1 N–H and O–H groups in total. The molecule has 0 radical (unpaired) electrons. The first-order valence-corrected chi connectivity index (χ1v) is 6.49. The van der Waals surface area contributed by atoms with E-state index in [2.05, 4.69) is 5.32 Å². The van der Waals surface area contributed by atoms with E-state index >= 15 is 0 Å². The number of thioether (sulfide) groups is 1. The van der Waals surface area contributed by atoms with Gasteiger partial charge in [-0.05, 0) is 18.4 Å². The lowest BCUT2D eigenvalue weighted by Gasteiger charge is -2.10. The van der Waals surface area contributed by atoms with Crippen LogP contribution < -0.4 is 5.32 Å². The van der Waals surface area contributed by atoms with Crippen LogP contribution in [0.1, 0.15) is 13.3 Å². The van der Waals surface area contributed by atoms with Gasteiger partial charge in [0.25, 0.3) is 0 Å². The van der Waals surface area contributed by atoms with E-state index in [4.69, 9.17) is 5.26 Å². The van der Waals surface area contributed by atoms with E-state index in [9.17, 15) is 4.79 Å². The highest BCUT2D eigenvalue weighted by molar-refractivity contribution is 8.02. The molecule has 1 rings (SSSR count). The second kappa shape index (κ2) is 6.77. The van der Waals surface area contributed by atoms with E-state index in [0.29, 0.717) is 11.4 Å². The van der Waals surface area contributed by atoms with Crippen molar-refractivity contribution >= 4 is 23.2 Å². The standard InChI is InChI=1S/C13H14N2OS/c1-3-12(16)11(9-14)13(17-2)15-10-7-5-4-6-8-10/h4-8,15H,3H2,1-2H3/b13-11+. The van der Waals surface area contributed by atoms with Gasteiger partial charge >= 0.3 is 0 Å². The van der Waals surface area contributed by atoms with Gasteiger partial charge in [0.15, 0.2) is 5.78 Å². The topological polar surface area (TPSA) is 52.9 Å². The Labute approximate surface area is 106 Å². The zero-order valence-electron chi connectivity index (χ0n) is 9.86. The van der Waals surface area contributed by atoms with Crippen LogP contribution in [0.3, 0.4) is 0 Å². The van der Waals surface area contributed by atoms with Crippen LogP contribution in [0.15, 0.2) is 40.9 Å². The average molecular weight is 246 g/mol. The summed E-state index contributed by atoms with van der Waals surface area (Å²) in [5.74, 6) is -0.139. The minimum atomic E-state index is -0.139. The maximum atomic E-state index is 11.6. The van der Waals surface area contributed by atoms with E-state index in [0.717, 1.165) is 5.69 Å². The average Bonchev–Trinajstić information content (AvgIpc) is 2.39. The predicted molar refractivity (Wildman–Crippen MR) is 71.5 cm³/mol. The number of anilines is 1. The predicted octanol–water partition coefficient (Wildman–Crippen LogP) is 3.18. The van der Waals surface area contributed by atoms with Gasteiger partial charge in [-0.1, -0.05) is 25.1 Å². The summed E-state index contributed by atoms with van der Waals surface area (Å²) in [5, 5.41) is 12.7. The lowest BCUT2D eigenvalue weighted by molar-refractivity contribution is -0.114. The molecule has 0 bridgehead atoms. The quantitative estimate of drug-likeness (QED) is 0.640. The fraction of sp³-hybridized carbons (Fsp3) is 0.231. The largest absolute Gasteiger partial charge is 0.349 e. The van der Waals surface area contributed by atoms with Crippen molar-refractivity contribution in [2.24, 2.45) is 0 Å². The summed E-state index contributed by atoms with van der Waals surface area (Å²) in [6, 6.07) is 11.5. The van der Waals surface area contributed by atoms with Gasteiger partial charge < -0.3 is 5.32 Å². The first kappa shape index (κ1) is 13.3. The van der Waals surface area contributed by atoms with Gasteiger partial charge in [0.2, 0.25) is 0 Å². The summed E-state index contributed by atoms with van der Waals surface area (Å²) in [7, 11) is 0. The number of carbonyl (C=O) groups excluding carboxylic acids is 1. The molecule has 0 saturated carbocycles. The number of Topliss-reactive ketones (excluding diaryl/α,β-unsaturated/α-hetero) is 1. The fourth-order valence-corrected chi connectivity index (χ4v) is 1.87. The van der Waals surface area contributed by atoms with Crippen LogP contribution in [0.5, 0.6) is 0 Å². The Kier molecular flexibility index (Phi) is 5.31. The molecule has 0 aliphatic carbocycles. The highest BCUT2D eigenvalue weighted by atomic mass is 32.2. The molecule has 0 aromatic heterocycles. The van der Waals surface area contributed by atoms with E-state index in [1.807, 2.05) is 42.7 Å². The highest BCUT2D eigenvalue weighted by Crippen LogP contribution is 2.21. The summed E-state index contributed by atoms with van der Waals surface area (Å²) in [6.45, 7) is 1.75. The third-order valence-corrected chi connectivity index (χ3v) is 2.89. The molecule has 0 saturated heterocycles. The molecule has 0 amide bonds. The van der Waals surface area contributed by atoms with Gasteiger partial charge in [-0.3, -0.25) is 4.79 Å². The Balaban J connectivity index is 3.02. The van der Waals surface area contributed by atoms with Crippen molar-refractivity contribution in [3.8, 4) is 6.07 Å². The van der Waals surface area contributed by atoms with Crippen molar-refractivity contribution in [2.45, 2.75) is 13.3 Å². The molecule has 3 nitrogen and oxygen atoms in total. The SMILES string of the molecule is CCC(=O)/C(C#N)=C(\Nc1ccccc1)SC. The monoisotopic (exact) mass is 246 g/mol. The van der Waals surface area contributed by atoms with E-state index in [-0.39, 0.29) is 11.4 Å². The minimum absolute atomic E-state index is 0.139. The maximum absolute atomic E-state index is 11.6. The number of hydrogen-bond donors (Lipinski definition) is 1. The van der Waals surface area contributed by atoms with Crippen LogP contribution in [0.2, 0.25) is 0 Å². The molecule has 0 aliphatic heterocycles. The molecule has 0 aliphatic rings. The number of carbonyl (C=O) groups is 1. The third-order valence-electron chi connectivity index (χ3n) is 2.17. The van der Waals surface area contributed by atoms with Crippen molar-refractivity contribution < 1.29 is 4.79 Å². The number of allylic oxidation sites excluding steroid dienone is 1. The molecule has 0 fully saturated rings. The van der Waals surface area contributed by atoms with Crippen LogP contribution in [-0.4, -0.2) is 12.0 Å². The van der Waals surface area contributed by atoms with E-state index < -0.39 is 0 Å². The fourth-order valence-electron chi connectivity index (χ4n) is 1.28. The molecular weight excluding hydrogens is 232 g/mol. The number of nitrogens with zero attached hydrogens (tertiary/aromatic N) is 1. The van der Waals surface area contributed by atoms with Gasteiger partial charge in [-0.25, -0.2) is 0 Å². The Morgan fingerprint density at radius 3 is 2.53 bits per heavy atom. The molecule has 1 aromatic carbocycles. The normalized spacial score (nSPS) is 11.4. The summed E-state index contributed by atoms with van der Waals surface area (Å²) in [4.78, 5) is 11.6. The number of rotatable bonds is 5. The van der Waals surface area contributed by atoms with Gasteiger partial charge in [-0.2, -0.15) is 5.26 Å². The molecule has 0 spiro atoms. The number of nitrogens with one attached hydrogen (secondary N) is 1. The van der Waals surface area contributed by atoms with Crippen molar-refractivity contribution in [3.63, 3.8) is 0 Å². The van der Waals surface area contributed by atoms with Crippen LogP contribution in [0, 0.1) is 11.3 Å². The van der Waals surface area contributed by atoms with Crippen molar-refractivity contribution in [2.75, 3.05) is 11.6 Å². The van der Waals surface area contributed by atoms with Gasteiger partial charge in [0.05, 0.1) is 5.03 Å². The van der Waals surface area contributed by atoms with E-state index in [1.54, 1.807) is 6.92 Å². The first-order valence-electron chi connectivity index (χ1n) is 5.26. The molecule has 0 heterocycles. The Hall–Kier alpha value is -1.73. The van der Waals surface area contributed by atoms with Crippen molar-refractivity contribution in [1.82, 2.24) is 0 Å². The summed E-state index contributed by atoms with van der Waals surface area (Å²) < 4.78 is 0. The van der Waals surface area contributed by atoms with Gasteiger partial charge in [-0.15, -0.1) is 11.8 Å². The van der Waals surface area contributed by atoms with Crippen molar-refractivity contribution in [1.29, 1.82) is 5.26 Å². The summed E-state index contributed by atoms with van der Waals surface area (Å²) >= 11 is 1.37. The maximum Gasteiger partial charge on any atom is 0.175 e. The van der Waals surface area contributed by atoms with Gasteiger partial charge in [0.1, 0.15) is 11.6 Å². The number of para-hydroxylation sites is 1. The van der Waals surface area contributed by atoms with Crippen LogP contribution in [0.4, 0.5) is 5.69 Å². The van der Waals surface area contributed by atoms with Gasteiger partial charge in [0, 0.05) is 12.1 Å². The smallest absolute Gasteiger partial charge is 0.175 e. The summed E-state index contributed by atoms with van der Waals surface area (Å²) in [6.07, 6.45) is 2.18. The number of ketones is 1. The van der Waals surface area contributed by atoms with Crippen LogP contribution >= 0.6 is 11.8 Å². The second-order valence-electron chi connectivity index (χ2n) is 3.29. The second-order valence-corrected chi connectivity index (χ2v) is 4.10. The molecule has 88 valence electrons. The lowest BCUT2D eigenvalue weighted by Crippen LogP contribution is -2.07. The zero-order valence-corrected chi connectivity index (χ0v) is 10.7. The molecule has 4 heteroatoms. The van der Waals surface area contributed by atoms with Crippen molar-refractivity contribution in [3.05, 3.63) is 40.9 Å². The Bertz CT molecular complexity index is 460.